The minimum absolute atomic E-state index is 0.0527. The van der Waals surface area contributed by atoms with Gasteiger partial charge < -0.3 is 4.42 Å². The lowest BCUT2D eigenvalue weighted by Crippen LogP contribution is -2.28. The first-order valence-corrected chi connectivity index (χ1v) is 17.0. The number of furan rings is 1. The van der Waals surface area contributed by atoms with E-state index in [1.807, 2.05) is 30.3 Å². The molecule has 0 bridgehead atoms. The molecule has 2 heterocycles. The van der Waals surface area contributed by atoms with E-state index < -0.39 is 0 Å². The lowest BCUT2D eigenvalue weighted by atomic mass is 9.68. The molecular formula is C44H30N4O. The van der Waals surface area contributed by atoms with Crippen LogP contribution in [0.4, 0.5) is 5.69 Å². The van der Waals surface area contributed by atoms with Crippen LogP contribution < -0.4 is 0 Å². The van der Waals surface area contributed by atoms with E-state index in [1.54, 1.807) is 0 Å². The van der Waals surface area contributed by atoms with Crippen molar-refractivity contribution in [3.05, 3.63) is 144 Å². The first kappa shape index (κ1) is 27.9. The maximum atomic E-state index is 7.83. The van der Waals surface area contributed by atoms with Gasteiger partial charge in [-0.2, -0.15) is 0 Å². The molecule has 1 fully saturated rings. The van der Waals surface area contributed by atoms with Crippen molar-refractivity contribution in [3.63, 3.8) is 0 Å². The lowest BCUT2D eigenvalue weighted by Gasteiger charge is -2.36. The fraction of sp³-hybridized carbons (Fsp3) is 0.136. The molecule has 0 unspecified atom stereocenters. The summed E-state index contributed by atoms with van der Waals surface area (Å²) in [6.07, 6.45) is 5.86. The van der Waals surface area contributed by atoms with Gasteiger partial charge in [0, 0.05) is 32.9 Å². The first-order chi connectivity index (χ1) is 24.2. The second-order valence-corrected chi connectivity index (χ2v) is 13.4. The van der Waals surface area contributed by atoms with Gasteiger partial charge in [-0.05, 0) is 76.2 Å². The summed E-state index contributed by atoms with van der Waals surface area (Å²) in [5.74, 6) is 1.84. The Labute approximate surface area is 283 Å². The molecule has 0 N–H and O–H groups in total. The van der Waals surface area contributed by atoms with Gasteiger partial charge in [0.15, 0.2) is 23.2 Å². The monoisotopic (exact) mass is 630 g/mol. The van der Waals surface area contributed by atoms with Crippen molar-refractivity contribution < 1.29 is 4.42 Å². The van der Waals surface area contributed by atoms with Crippen LogP contribution in [0.3, 0.4) is 0 Å². The van der Waals surface area contributed by atoms with E-state index in [4.69, 9.17) is 25.9 Å². The van der Waals surface area contributed by atoms with Crippen molar-refractivity contribution in [3.8, 4) is 45.3 Å². The zero-order valence-corrected chi connectivity index (χ0v) is 26.8. The van der Waals surface area contributed by atoms with Crippen LogP contribution in [0.2, 0.25) is 0 Å². The average molecular weight is 631 g/mol. The Balaban J connectivity index is 1.22. The topological polar surface area (TPSA) is 56.2 Å². The summed E-state index contributed by atoms with van der Waals surface area (Å²) in [5.41, 5.74) is 9.98. The third kappa shape index (κ3) is 4.27. The molecule has 49 heavy (non-hydrogen) atoms. The highest BCUT2D eigenvalue weighted by Gasteiger charge is 2.44. The molecule has 8 aromatic rings. The normalized spacial score (nSPS) is 14.7. The standard InChI is InChI=1S/C44H30N4O/c1-45-31-19-21-36-35(26-31)40-34(13-9-14-37(40)44(36)22-7-2-8-23-44)43-47-41(29-17-16-27-10-3-4-11-28(27)24-29)46-42(48-43)30-18-20-33-32-12-5-6-15-38(32)49-39(33)25-30/h3-6,9-21,24-26H,2,7-8,22-23H2. The van der Waals surface area contributed by atoms with Crippen LogP contribution >= 0.6 is 0 Å². The Morgan fingerprint density at radius 3 is 2.14 bits per heavy atom. The molecule has 0 radical (unpaired) electrons. The average Bonchev–Trinajstić information content (AvgIpc) is 3.67. The molecule has 0 saturated heterocycles. The summed E-state index contributed by atoms with van der Waals surface area (Å²) in [4.78, 5) is 19.4. The number of fused-ring (bicyclic) bond motifs is 9. The molecular weight excluding hydrogens is 601 g/mol. The summed E-state index contributed by atoms with van der Waals surface area (Å²) >= 11 is 0. The molecule has 5 nitrogen and oxygen atoms in total. The summed E-state index contributed by atoms with van der Waals surface area (Å²) < 4.78 is 6.28. The Morgan fingerprint density at radius 1 is 0.551 bits per heavy atom. The molecule has 2 aliphatic rings. The van der Waals surface area contributed by atoms with Gasteiger partial charge in [-0.15, -0.1) is 0 Å². The molecule has 0 amide bonds. The molecule has 232 valence electrons. The van der Waals surface area contributed by atoms with Crippen LogP contribution in [0.25, 0.3) is 82.8 Å². The van der Waals surface area contributed by atoms with E-state index in [0.29, 0.717) is 23.2 Å². The quantitative estimate of drug-likeness (QED) is 0.182. The van der Waals surface area contributed by atoms with Gasteiger partial charge in [0.1, 0.15) is 11.2 Å². The Bertz CT molecular complexity index is 2670. The molecule has 0 aliphatic heterocycles. The minimum atomic E-state index is -0.0527. The molecule has 2 aromatic heterocycles. The molecule has 1 spiro atoms. The Kier molecular flexibility index (Phi) is 6.10. The number of para-hydroxylation sites is 1. The zero-order valence-electron chi connectivity index (χ0n) is 26.8. The van der Waals surface area contributed by atoms with Gasteiger partial charge in [0.2, 0.25) is 0 Å². The van der Waals surface area contributed by atoms with Gasteiger partial charge >= 0.3 is 0 Å². The first-order valence-electron chi connectivity index (χ1n) is 17.0. The van der Waals surface area contributed by atoms with Crippen LogP contribution in [0.1, 0.15) is 43.2 Å². The van der Waals surface area contributed by atoms with E-state index in [1.165, 1.54) is 35.8 Å². The van der Waals surface area contributed by atoms with Gasteiger partial charge in [-0.25, -0.2) is 19.8 Å². The molecule has 1 saturated carbocycles. The number of nitrogens with zero attached hydrogens (tertiary/aromatic N) is 4. The highest BCUT2D eigenvalue weighted by molar-refractivity contribution is 6.05. The van der Waals surface area contributed by atoms with Gasteiger partial charge in [0.25, 0.3) is 0 Å². The van der Waals surface area contributed by atoms with Crippen LogP contribution in [0.15, 0.2) is 126 Å². The molecule has 0 atom stereocenters. The maximum Gasteiger partial charge on any atom is 0.187 e. The van der Waals surface area contributed by atoms with Crippen molar-refractivity contribution in [2.45, 2.75) is 37.5 Å². The van der Waals surface area contributed by atoms with Crippen molar-refractivity contribution in [2.24, 2.45) is 0 Å². The maximum absolute atomic E-state index is 7.83. The molecule has 10 rings (SSSR count). The predicted octanol–water partition coefficient (Wildman–Crippen LogP) is 11.7. The molecule has 5 heteroatoms. The molecule has 2 aliphatic carbocycles. The predicted molar refractivity (Wildman–Crippen MR) is 196 cm³/mol. The van der Waals surface area contributed by atoms with Crippen molar-refractivity contribution in [1.82, 2.24) is 15.0 Å². The zero-order chi connectivity index (χ0) is 32.5. The second kappa shape index (κ2) is 10.7. The highest BCUT2D eigenvalue weighted by atomic mass is 16.3. The van der Waals surface area contributed by atoms with Gasteiger partial charge in [-0.1, -0.05) is 110 Å². The largest absolute Gasteiger partial charge is 0.456 e. The Morgan fingerprint density at radius 2 is 1.29 bits per heavy atom. The van der Waals surface area contributed by atoms with Crippen molar-refractivity contribution in [2.75, 3.05) is 0 Å². The lowest BCUT2D eigenvalue weighted by molar-refractivity contribution is 0.353. The number of rotatable bonds is 3. The summed E-state index contributed by atoms with van der Waals surface area (Å²) in [7, 11) is 0. The summed E-state index contributed by atoms with van der Waals surface area (Å²) in [6, 6.07) is 42.0. The Hall–Kier alpha value is -6.12. The van der Waals surface area contributed by atoms with E-state index in [2.05, 4.69) is 95.8 Å². The summed E-state index contributed by atoms with van der Waals surface area (Å²) in [6.45, 7) is 7.83. The smallest absolute Gasteiger partial charge is 0.187 e. The van der Waals surface area contributed by atoms with Gasteiger partial charge in [0.05, 0.1) is 6.57 Å². The van der Waals surface area contributed by atoms with Crippen molar-refractivity contribution in [1.29, 1.82) is 0 Å². The van der Waals surface area contributed by atoms with E-state index in [-0.39, 0.29) is 5.41 Å². The van der Waals surface area contributed by atoms with E-state index in [9.17, 15) is 0 Å². The number of hydrogen-bond donors (Lipinski definition) is 0. The number of benzene rings is 6. The minimum Gasteiger partial charge on any atom is -0.456 e. The molecule has 6 aromatic carbocycles. The number of aromatic nitrogens is 3. The fourth-order valence-corrected chi connectivity index (χ4v) is 8.44. The van der Waals surface area contributed by atoms with E-state index in [0.717, 1.165) is 68.0 Å². The fourth-order valence-electron chi connectivity index (χ4n) is 8.44. The SMILES string of the molecule is [C-]#[N+]c1ccc2c(c1)-c1c(-c3nc(-c4ccc5ccccc5c4)nc(-c4ccc5c(c4)oc4ccccc45)n3)cccc1C21CCCCC1. The highest BCUT2D eigenvalue weighted by Crippen LogP contribution is 2.58. The second-order valence-electron chi connectivity index (χ2n) is 13.4. The van der Waals surface area contributed by atoms with Crippen LogP contribution in [0, 0.1) is 6.57 Å². The van der Waals surface area contributed by atoms with Crippen LogP contribution in [-0.4, -0.2) is 15.0 Å². The van der Waals surface area contributed by atoms with Crippen molar-refractivity contribution >= 4 is 38.4 Å². The third-order valence-corrected chi connectivity index (χ3v) is 10.7. The summed E-state index contributed by atoms with van der Waals surface area (Å²) in [5, 5.41) is 4.45. The third-order valence-electron chi connectivity index (χ3n) is 10.7. The van der Waals surface area contributed by atoms with Gasteiger partial charge in [-0.3, -0.25) is 0 Å². The van der Waals surface area contributed by atoms with Crippen LogP contribution in [-0.2, 0) is 5.41 Å². The van der Waals surface area contributed by atoms with Crippen LogP contribution in [0.5, 0.6) is 0 Å². The van der Waals surface area contributed by atoms with E-state index >= 15 is 0 Å². The number of hydrogen-bond acceptors (Lipinski definition) is 4.